The maximum atomic E-state index is 5.87. The molecule has 1 saturated carbocycles. The van der Waals surface area contributed by atoms with E-state index in [0.29, 0.717) is 11.1 Å². The molecule has 94 valence electrons. The molecule has 17 heavy (non-hydrogen) atoms. The van der Waals surface area contributed by atoms with Gasteiger partial charge in [0.2, 0.25) is 0 Å². The van der Waals surface area contributed by atoms with Gasteiger partial charge in [0, 0.05) is 25.9 Å². The van der Waals surface area contributed by atoms with Crippen LogP contribution < -0.4 is 4.90 Å². The SMILES string of the molecule is COCCN(c1ccc(Cl)cn1)C(C)C1CC1. The Balaban J connectivity index is 2.10. The molecule has 0 radical (unpaired) electrons. The second-order valence-electron chi connectivity index (χ2n) is 4.60. The molecule has 0 spiro atoms. The number of ether oxygens (including phenoxy) is 1. The fourth-order valence-corrected chi connectivity index (χ4v) is 2.20. The molecule has 3 nitrogen and oxygen atoms in total. The summed E-state index contributed by atoms with van der Waals surface area (Å²) in [7, 11) is 1.73. The quantitative estimate of drug-likeness (QED) is 0.780. The third-order valence-electron chi connectivity index (χ3n) is 3.34. The molecule has 1 aromatic rings. The average Bonchev–Trinajstić information content (AvgIpc) is 3.15. The molecule has 0 saturated heterocycles. The maximum Gasteiger partial charge on any atom is 0.128 e. The van der Waals surface area contributed by atoms with Crippen LogP contribution in [0.25, 0.3) is 0 Å². The molecule has 1 aliphatic rings. The summed E-state index contributed by atoms with van der Waals surface area (Å²) in [6.45, 7) is 3.87. The topological polar surface area (TPSA) is 25.4 Å². The Morgan fingerprint density at radius 1 is 1.53 bits per heavy atom. The number of nitrogens with zero attached hydrogens (tertiary/aromatic N) is 2. The van der Waals surface area contributed by atoms with E-state index in [2.05, 4.69) is 16.8 Å². The van der Waals surface area contributed by atoms with Crippen molar-refractivity contribution in [3.05, 3.63) is 23.4 Å². The summed E-state index contributed by atoms with van der Waals surface area (Å²) in [4.78, 5) is 6.72. The molecular formula is C13H19ClN2O. The highest BCUT2D eigenvalue weighted by molar-refractivity contribution is 6.30. The van der Waals surface area contributed by atoms with E-state index in [0.717, 1.165) is 24.9 Å². The van der Waals surface area contributed by atoms with Crippen molar-refractivity contribution in [2.45, 2.75) is 25.8 Å². The minimum Gasteiger partial charge on any atom is -0.383 e. The van der Waals surface area contributed by atoms with Crippen molar-refractivity contribution in [1.82, 2.24) is 4.98 Å². The smallest absolute Gasteiger partial charge is 0.128 e. The minimum atomic E-state index is 0.527. The van der Waals surface area contributed by atoms with E-state index < -0.39 is 0 Å². The minimum absolute atomic E-state index is 0.527. The van der Waals surface area contributed by atoms with Crippen LogP contribution in [0.2, 0.25) is 5.02 Å². The Bertz CT molecular complexity index is 351. The van der Waals surface area contributed by atoms with Gasteiger partial charge in [0.05, 0.1) is 11.6 Å². The molecule has 1 aromatic heterocycles. The lowest BCUT2D eigenvalue weighted by Crippen LogP contribution is -2.37. The molecule has 1 fully saturated rings. The Morgan fingerprint density at radius 3 is 2.82 bits per heavy atom. The van der Waals surface area contributed by atoms with Crippen molar-refractivity contribution in [1.29, 1.82) is 0 Å². The van der Waals surface area contributed by atoms with Crippen molar-refractivity contribution in [2.24, 2.45) is 5.92 Å². The number of hydrogen-bond donors (Lipinski definition) is 0. The van der Waals surface area contributed by atoms with Gasteiger partial charge in [-0.2, -0.15) is 0 Å². The zero-order valence-corrected chi connectivity index (χ0v) is 11.2. The molecule has 4 heteroatoms. The van der Waals surface area contributed by atoms with E-state index in [1.807, 2.05) is 12.1 Å². The summed E-state index contributed by atoms with van der Waals surface area (Å²) in [5, 5.41) is 0.680. The third kappa shape index (κ3) is 3.33. The summed E-state index contributed by atoms with van der Waals surface area (Å²) >= 11 is 5.87. The van der Waals surface area contributed by atoms with E-state index in [1.54, 1.807) is 13.3 Å². The molecule has 0 aliphatic heterocycles. The Hall–Kier alpha value is -0.800. The fraction of sp³-hybridized carbons (Fsp3) is 0.615. The van der Waals surface area contributed by atoms with Crippen LogP contribution in [0.4, 0.5) is 5.82 Å². The van der Waals surface area contributed by atoms with Crippen LogP contribution in [-0.2, 0) is 4.74 Å². The normalized spacial score (nSPS) is 16.9. The van der Waals surface area contributed by atoms with Crippen LogP contribution in [0.15, 0.2) is 18.3 Å². The van der Waals surface area contributed by atoms with Gasteiger partial charge in [-0.05, 0) is 37.8 Å². The van der Waals surface area contributed by atoms with E-state index in [9.17, 15) is 0 Å². The predicted octanol–water partition coefficient (Wildman–Crippen LogP) is 2.99. The van der Waals surface area contributed by atoms with Crippen molar-refractivity contribution >= 4 is 17.4 Å². The van der Waals surface area contributed by atoms with Crippen LogP contribution in [0.1, 0.15) is 19.8 Å². The fourth-order valence-electron chi connectivity index (χ4n) is 2.09. The van der Waals surface area contributed by atoms with Gasteiger partial charge in [-0.3, -0.25) is 0 Å². The largest absolute Gasteiger partial charge is 0.383 e. The number of aromatic nitrogens is 1. The van der Waals surface area contributed by atoms with Gasteiger partial charge < -0.3 is 9.64 Å². The summed E-state index contributed by atoms with van der Waals surface area (Å²) in [5.41, 5.74) is 0. The first-order valence-electron chi connectivity index (χ1n) is 6.09. The molecule has 1 unspecified atom stereocenters. The van der Waals surface area contributed by atoms with E-state index in [4.69, 9.17) is 16.3 Å². The zero-order valence-electron chi connectivity index (χ0n) is 10.4. The number of anilines is 1. The highest BCUT2D eigenvalue weighted by atomic mass is 35.5. The monoisotopic (exact) mass is 254 g/mol. The second kappa shape index (κ2) is 5.69. The molecule has 1 aliphatic carbocycles. The van der Waals surface area contributed by atoms with Crippen LogP contribution in [0, 0.1) is 5.92 Å². The van der Waals surface area contributed by atoms with Gasteiger partial charge in [0.1, 0.15) is 5.82 Å². The number of hydrogen-bond acceptors (Lipinski definition) is 3. The lowest BCUT2D eigenvalue weighted by molar-refractivity contribution is 0.202. The molecule has 1 atom stereocenters. The van der Waals surface area contributed by atoms with Gasteiger partial charge in [-0.1, -0.05) is 11.6 Å². The third-order valence-corrected chi connectivity index (χ3v) is 3.56. The van der Waals surface area contributed by atoms with Gasteiger partial charge in [-0.15, -0.1) is 0 Å². The molecule has 0 amide bonds. The van der Waals surface area contributed by atoms with Crippen LogP contribution >= 0.6 is 11.6 Å². The Morgan fingerprint density at radius 2 is 2.29 bits per heavy atom. The van der Waals surface area contributed by atoms with Crippen molar-refractivity contribution in [3.8, 4) is 0 Å². The second-order valence-corrected chi connectivity index (χ2v) is 5.04. The summed E-state index contributed by atoms with van der Waals surface area (Å²) in [6, 6.07) is 4.40. The predicted molar refractivity (Wildman–Crippen MR) is 70.7 cm³/mol. The molecule has 2 rings (SSSR count). The molecule has 0 N–H and O–H groups in total. The van der Waals surface area contributed by atoms with Crippen molar-refractivity contribution < 1.29 is 4.74 Å². The van der Waals surface area contributed by atoms with Gasteiger partial charge in [-0.25, -0.2) is 4.98 Å². The zero-order chi connectivity index (χ0) is 12.3. The first kappa shape index (κ1) is 12.7. The summed E-state index contributed by atoms with van der Waals surface area (Å²) in [6.07, 6.45) is 4.37. The first-order valence-corrected chi connectivity index (χ1v) is 6.47. The van der Waals surface area contributed by atoms with Crippen LogP contribution in [0.5, 0.6) is 0 Å². The van der Waals surface area contributed by atoms with E-state index >= 15 is 0 Å². The van der Waals surface area contributed by atoms with Crippen molar-refractivity contribution in [3.63, 3.8) is 0 Å². The molecule has 0 aromatic carbocycles. The molecule has 0 bridgehead atoms. The standard InChI is InChI=1S/C13H19ClN2O/c1-10(11-3-4-11)16(7-8-17-2)13-6-5-12(14)9-15-13/h5-6,9-11H,3-4,7-8H2,1-2H3. The maximum absolute atomic E-state index is 5.87. The highest BCUT2D eigenvalue weighted by Crippen LogP contribution is 2.36. The molecular weight excluding hydrogens is 236 g/mol. The van der Waals surface area contributed by atoms with Crippen LogP contribution in [-0.4, -0.2) is 31.3 Å². The summed E-state index contributed by atoms with van der Waals surface area (Å²) in [5.74, 6) is 1.80. The Kier molecular flexibility index (Phi) is 4.24. The van der Waals surface area contributed by atoms with Gasteiger partial charge in [0.25, 0.3) is 0 Å². The van der Waals surface area contributed by atoms with Crippen LogP contribution in [0.3, 0.4) is 0 Å². The lowest BCUT2D eigenvalue weighted by atomic mass is 10.2. The van der Waals surface area contributed by atoms with Gasteiger partial charge >= 0.3 is 0 Å². The summed E-state index contributed by atoms with van der Waals surface area (Å²) < 4.78 is 5.17. The highest BCUT2D eigenvalue weighted by Gasteiger charge is 2.32. The average molecular weight is 255 g/mol. The molecule has 1 heterocycles. The van der Waals surface area contributed by atoms with E-state index in [-0.39, 0.29) is 0 Å². The first-order chi connectivity index (χ1) is 8.22. The number of pyridine rings is 1. The van der Waals surface area contributed by atoms with Gasteiger partial charge in [0.15, 0.2) is 0 Å². The number of methoxy groups -OCH3 is 1. The lowest BCUT2D eigenvalue weighted by Gasteiger charge is -2.30. The number of rotatable bonds is 6. The Labute approximate surface area is 108 Å². The van der Waals surface area contributed by atoms with Crippen molar-refractivity contribution in [2.75, 3.05) is 25.2 Å². The van der Waals surface area contributed by atoms with E-state index in [1.165, 1.54) is 12.8 Å². The number of halogens is 1.